The third-order valence-corrected chi connectivity index (χ3v) is 3.87. The lowest BCUT2D eigenvalue weighted by Gasteiger charge is -2.10. The lowest BCUT2D eigenvalue weighted by molar-refractivity contribution is -0.139. The first-order valence-electron chi connectivity index (χ1n) is 8.33. The van der Waals surface area contributed by atoms with E-state index in [0.717, 1.165) is 5.56 Å². The van der Waals surface area contributed by atoms with Crippen molar-refractivity contribution < 1.29 is 19.4 Å². The lowest BCUT2D eigenvalue weighted by atomic mass is 10.1. The average molecular weight is 362 g/mol. The van der Waals surface area contributed by atoms with E-state index in [0.29, 0.717) is 22.7 Å². The summed E-state index contributed by atoms with van der Waals surface area (Å²) in [6.07, 6.45) is 5.18. The number of carboxylic acids is 1. The van der Waals surface area contributed by atoms with Gasteiger partial charge in [-0.1, -0.05) is 48.6 Å². The van der Waals surface area contributed by atoms with Crippen LogP contribution in [0.4, 0.5) is 5.69 Å². The van der Waals surface area contributed by atoms with Crippen LogP contribution in [0, 0.1) is 0 Å². The molecule has 0 bridgehead atoms. The standard InChI is InChI=1S/C21H18N2O4/c1-15-18(21(26)23(22-15)17-10-3-2-4-11-17)12-7-9-16-8-5-6-13-19(16)27-14-20(24)25/h2-13H,14H2,1H3,(H,24,25)/b9-7+,18-12-. The molecule has 0 aliphatic carbocycles. The zero-order chi connectivity index (χ0) is 19.2. The largest absolute Gasteiger partial charge is 0.481 e. The fourth-order valence-corrected chi connectivity index (χ4v) is 2.59. The smallest absolute Gasteiger partial charge is 0.341 e. The van der Waals surface area contributed by atoms with E-state index >= 15 is 0 Å². The van der Waals surface area contributed by atoms with Gasteiger partial charge in [0.25, 0.3) is 5.91 Å². The highest BCUT2D eigenvalue weighted by Gasteiger charge is 2.27. The molecule has 0 aromatic heterocycles. The van der Waals surface area contributed by atoms with Crippen LogP contribution in [0.15, 0.2) is 77.4 Å². The van der Waals surface area contributed by atoms with Crippen LogP contribution < -0.4 is 9.75 Å². The molecule has 0 saturated heterocycles. The van der Waals surface area contributed by atoms with Crippen LogP contribution in [-0.4, -0.2) is 29.3 Å². The van der Waals surface area contributed by atoms with Crippen molar-refractivity contribution >= 4 is 29.4 Å². The monoisotopic (exact) mass is 362 g/mol. The number of carbonyl (C=O) groups is 2. The van der Waals surface area contributed by atoms with Gasteiger partial charge in [0, 0.05) is 5.56 Å². The molecule has 0 unspecified atom stereocenters. The fourth-order valence-electron chi connectivity index (χ4n) is 2.59. The molecule has 1 heterocycles. The predicted octanol–water partition coefficient (Wildman–Crippen LogP) is 3.51. The Kier molecular flexibility index (Phi) is 5.47. The first-order valence-corrected chi connectivity index (χ1v) is 8.33. The Balaban J connectivity index is 1.78. The highest BCUT2D eigenvalue weighted by Crippen LogP contribution is 2.24. The van der Waals surface area contributed by atoms with Crippen LogP contribution in [0.3, 0.4) is 0 Å². The number of aliphatic carboxylic acids is 1. The highest BCUT2D eigenvalue weighted by atomic mass is 16.5. The zero-order valence-corrected chi connectivity index (χ0v) is 14.7. The Labute approximate surface area is 156 Å². The minimum atomic E-state index is -1.04. The Morgan fingerprint density at radius 1 is 1.15 bits per heavy atom. The van der Waals surface area contributed by atoms with E-state index in [1.807, 2.05) is 36.4 Å². The van der Waals surface area contributed by atoms with E-state index in [-0.39, 0.29) is 5.91 Å². The van der Waals surface area contributed by atoms with E-state index in [4.69, 9.17) is 9.84 Å². The molecule has 0 fully saturated rings. The molecule has 0 radical (unpaired) electrons. The van der Waals surface area contributed by atoms with Gasteiger partial charge in [0.05, 0.1) is 17.0 Å². The number of allylic oxidation sites excluding steroid dienone is 2. The molecule has 1 aliphatic rings. The number of carboxylic acid groups (broad SMARTS) is 1. The summed E-state index contributed by atoms with van der Waals surface area (Å²) >= 11 is 0. The maximum atomic E-state index is 12.6. The maximum Gasteiger partial charge on any atom is 0.341 e. The second kappa shape index (κ2) is 8.14. The van der Waals surface area contributed by atoms with Gasteiger partial charge < -0.3 is 9.84 Å². The van der Waals surface area contributed by atoms with Crippen molar-refractivity contribution in [3.8, 4) is 5.75 Å². The molecule has 0 spiro atoms. The number of anilines is 1. The van der Waals surface area contributed by atoms with E-state index in [1.54, 1.807) is 43.4 Å². The van der Waals surface area contributed by atoms with Crippen LogP contribution in [-0.2, 0) is 9.59 Å². The first kappa shape index (κ1) is 18.1. The Bertz CT molecular complexity index is 946. The van der Waals surface area contributed by atoms with E-state index in [9.17, 15) is 9.59 Å². The van der Waals surface area contributed by atoms with Crippen LogP contribution in [0.5, 0.6) is 5.75 Å². The average Bonchev–Trinajstić information content (AvgIpc) is 2.96. The molecular weight excluding hydrogens is 344 g/mol. The van der Waals surface area contributed by atoms with Gasteiger partial charge in [-0.15, -0.1) is 0 Å². The van der Waals surface area contributed by atoms with Gasteiger partial charge in [-0.2, -0.15) is 10.1 Å². The summed E-state index contributed by atoms with van der Waals surface area (Å²) in [7, 11) is 0. The molecule has 27 heavy (non-hydrogen) atoms. The molecule has 2 aromatic carbocycles. The number of hydrogen-bond acceptors (Lipinski definition) is 4. The number of rotatable bonds is 6. The summed E-state index contributed by atoms with van der Waals surface area (Å²) in [6, 6.07) is 16.3. The Morgan fingerprint density at radius 3 is 2.59 bits per heavy atom. The van der Waals surface area contributed by atoms with Crippen LogP contribution in [0.25, 0.3) is 6.08 Å². The van der Waals surface area contributed by atoms with Crippen LogP contribution >= 0.6 is 0 Å². The SMILES string of the molecule is CC1=NN(c2ccccc2)C(=O)/C1=C\C=C\c1ccccc1OCC(=O)O. The Morgan fingerprint density at radius 2 is 1.85 bits per heavy atom. The molecule has 0 saturated carbocycles. The fraction of sp³-hybridized carbons (Fsp3) is 0.0952. The number of hydrazone groups is 1. The molecule has 2 aromatic rings. The quantitative estimate of drug-likeness (QED) is 0.798. The molecule has 1 N–H and O–H groups in total. The van der Waals surface area contributed by atoms with Gasteiger partial charge >= 0.3 is 5.97 Å². The second-order valence-corrected chi connectivity index (χ2v) is 5.80. The normalized spacial score (nSPS) is 15.4. The molecule has 6 nitrogen and oxygen atoms in total. The number of carbonyl (C=O) groups excluding carboxylic acids is 1. The highest BCUT2D eigenvalue weighted by molar-refractivity contribution is 6.29. The van der Waals surface area contributed by atoms with Crippen molar-refractivity contribution in [1.82, 2.24) is 0 Å². The van der Waals surface area contributed by atoms with Crippen molar-refractivity contribution in [2.45, 2.75) is 6.92 Å². The van der Waals surface area contributed by atoms with Crippen molar-refractivity contribution in [2.75, 3.05) is 11.6 Å². The molecule has 136 valence electrons. The molecule has 1 aliphatic heterocycles. The van der Waals surface area contributed by atoms with Gasteiger partial charge in [-0.3, -0.25) is 4.79 Å². The number of ether oxygens (including phenoxy) is 1. The minimum absolute atomic E-state index is 0.196. The van der Waals surface area contributed by atoms with Gasteiger partial charge in [0.15, 0.2) is 6.61 Å². The Hall–Kier alpha value is -3.67. The summed E-state index contributed by atoms with van der Waals surface area (Å²) in [4.78, 5) is 23.3. The minimum Gasteiger partial charge on any atom is -0.481 e. The lowest BCUT2D eigenvalue weighted by Crippen LogP contribution is -2.21. The molecule has 6 heteroatoms. The van der Waals surface area contributed by atoms with Crippen molar-refractivity contribution in [3.05, 3.63) is 77.9 Å². The van der Waals surface area contributed by atoms with Crippen LogP contribution in [0.1, 0.15) is 12.5 Å². The van der Waals surface area contributed by atoms with Crippen molar-refractivity contribution in [1.29, 1.82) is 0 Å². The zero-order valence-electron chi connectivity index (χ0n) is 14.7. The van der Waals surface area contributed by atoms with Crippen LogP contribution in [0.2, 0.25) is 0 Å². The summed E-state index contributed by atoms with van der Waals surface area (Å²) < 4.78 is 5.27. The van der Waals surface area contributed by atoms with Gasteiger partial charge in [0.2, 0.25) is 0 Å². The number of para-hydroxylation sites is 2. The first-order chi connectivity index (χ1) is 13.1. The summed E-state index contributed by atoms with van der Waals surface area (Å²) in [5.74, 6) is -0.775. The summed E-state index contributed by atoms with van der Waals surface area (Å²) in [5, 5.41) is 14.5. The number of benzene rings is 2. The van der Waals surface area contributed by atoms with Gasteiger partial charge in [-0.25, -0.2) is 4.79 Å². The number of nitrogens with zero attached hydrogens (tertiary/aromatic N) is 2. The van der Waals surface area contributed by atoms with Crippen molar-refractivity contribution in [3.63, 3.8) is 0 Å². The topological polar surface area (TPSA) is 79.2 Å². The molecule has 3 rings (SSSR count). The summed E-state index contributed by atoms with van der Waals surface area (Å²) in [5.41, 5.74) is 2.56. The third kappa shape index (κ3) is 4.30. The van der Waals surface area contributed by atoms with Gasteiger partial charge in [0.1, 0.15) is 5.75 Å². The van der Waals surface area contributed by atoms with E-state index < -0.39 is 12.6 Å². The second-order valence-electron chi connectivity index (χ2n) is 5.80. The molecule has 1 amide bonds. The predicted molar refractivity (Wildman–Crippen MR) is 104 cm³/mol. The maximum absolute atomic E-state index is 12.6. The van der Waals surface area contributed by atoms with Crippen molar-refractivity contribution in [2.24, 2.45) is 5.10 Å². The van der Waals surface area contributed by atoms with E-state index in [1.165, 1.54) is 5.01 Å². The van der Waals surface area contributed by atoms with Gasteiger partial charge in [-0.05, 0) is 31.2 Å². The summed E-state index contributed by atoms with van der Waals surface area (Å²) in [6.45, 7) is 1.37. The molecular formula is C21H18N2O4. The molecule has 0 atom stereocenters. The van der Waals surface area contributed by atoms with E-state index in [2.05, 4.69) is 5.10 Å². The number of amides is 1. The third-order valence-electron chi connectivity index (χ3n) is 3.87. The number of hydrogen-bond donors (Lipinski definition) is 1.